The molecule has 0 bridgehead atoms. The van der Waals surface area contributed by atoms with Crippen molar-refractivity contribution in [3.8, 4) is 0 Å². The molecule has 0 unspecified atom stereocenters. The molecule has 0 saturated heterocycles. The summed E-state index contributed by atoms with van der Waals surface area (Å²) in [7, 11) is 0. The molecule has 4 N–H and O–H groups in total. The third kappa shape index (κ3) is 3.54. The largest absolute Gasteiger partial charge is 0.393 e. The topological polar surface area (TPSA) is 88.8 Å². The molecule has 2 aromatic heterocycles. The van der Waals surface area contributed by atoms with Crippen molar-refractivity contribution in [2.45, 2.75) is 44.6 Å². The van der Waals surface area contributed by atoms with E-state index in [0.717, 1.165) is 16.6 Å². The summed E-state index contributed by atoms with van der Waals surface area (Å²) in [6.07, 6.45) is 10.8. The normalized spacial score (nSPS) is 15.5. The van der Waals surface area contributed by atoms with E-state index in [1.807, 2.05) is 30.3 Å². The van der Waals surface area contributed by atoms with Crippen molar-refractivity contribution in [3.05, 3.63) is 42.9 Å². The molecule has 1 aromatic carbocycles. The van der Waals surface area contributed by atoms with Crippen LogP contribution in [0.1, 0.15) is 38.5 Å². The lowest BCUT2D eigenvalue weighted by Gasteiger charge is -2.19. The van der Waals surface area contributed by atoms with E-state index < -0.39 is 0 Å². The third-order valence-electron chi connectivity index (χ3n) is 4.97. The van der Waals surface area contributed by atoms with E-state index >= 15 is 0 Å². The predicted octanol–water partition coefficient (Wildman–Crippen LogP) is 4.49. The Morgan fingerprint density at radius 2 is 1.65 bits per heavy atom. The van der Waals surface area contributed by atoms with E-state index in [-0.39, 0.29) is 0 Å². The SMILES string of the molecule is Nc1c(Nc2cccc3cccnc23)ncnc1NC1CCCCCC1. The number of nitrogen functional groups attached to an aromatic ring is 1. The Labute approximate surface area is 153 Å². The summed E-state index contributed by atoms with van der Waals surface area (Å²) in [6, 6.07) is 10.4. The van der Waals surface area contributed by atoms with Crippen LogP contribution in [0.2, 0.25) is 0 Å². The van der Waals surface area contributed by atoms with Gasteiger partial charge in [-0.3, -0.25) is 4.98 Å². The maximum atomic E-state index is 6.36. The molecular weight excluding hydrogens is 324 g/mol. The van der Waals surface area contributed by atoms with Crippen LogP contribution in [0.25, 0.3) is 10.9 Å². The van der Waals surface area contributed by atoms with Crippen molar-refractivity contribution in [2.75, 3.05) is 16.4 Å². The molecule has 6 heteroatoms. The average Bonchev–Trinajstić information content (AvgIpc) is 2.94. The number of nitrogens with two attached hydrogens (primary N) is 1. The zero-order chi connectivity index (χ0) is 17.8. The zero-order valence-electron chi connectivity index (χ0n) is 14.8. The van der Waals surface area contributed by atoms with Crippen molar-refractivity contribution >= 4 is 33.9 Å². The maximum Gasteiger partial charge on any atom is 0.159 e. The monoisotopic (exact) mass is 348 g/mol. The molecule has 4 rings (SSSR count). The van der Waals surface area contributed by atoms with E-state index in [2.05, 4.69) is 25.6 Å². The lowest BCUT2D eigenvalue weighted by atomic mass is 10.1. The lowest BCUT2D eigenvalue weighted by molar-refractivity contribution is 0.618. The molecule has 0 atom stereocenters. The molecule has 6 nitrogen and oxygen atoms in total. The van der Waals surface area contributed by atoms with Gasteiger partial charge in [0.25, 0.3) is 0 Å². The van der Waals surface area contributed by atoms with Crippen molar-refractivity contribution in [1.82, 2.24) is 15.0 Å². The fraction of sp³-hybridized carbons (Fsp3) is 0.350. The average molecular weight is 348 g/mol. The quantitative estimate of drug-likeness (QED) is 0.602. The van der Waals surface area contributed by atoms with Crippen molar-refractivity contribution in [1.29, 1.82) is 0 Å². The number of anilines is 4. The second-order valence-electron chi connectivity index (χ2n) is 6.82. The first-order valence-corrected chi connectivity index (χ1v) is 9.29. The van der Waals surface area contributed by atoms with E-state index in [1.165, 1.54) is 38.5 Å². The molecule has 0 radical (unpaired) electrons. The highest BCUT2D eigenvalue weighted by Crippen LogP contribution is 2.30. The van der Waals surface area contributed by atoms with Crippen molar-refractivity contribution in [2.24, 2.45) is 0 Å². The minimum atomic E-state index is 0.432. The highest BCUT2D eigenvalue weighted by atomic mass is 15.1. The van der Waals surface area contributed by atoms with Crippen LogP contribution in [0.5, 0.6) is 0 Å². The van der Waals surface area contributed by atoms with Gasteiger partial charge in [-0.25, -0.2) is 9.97 Å². The van der Waals surface area contributed by atoms with Gasteiger partial charge in [-0.2, -0.15) is 0 Å². The van der Waals surface area contributed by atoms with Crippen LogP contribution in [0.3, 0.4) is 0 Å². The predicted molar refractivity (Wildman–Crippen MR) is 107 cm³/mol. The number of benzene rings is 1. The molecule has 1 saturated carbocycles. The van der Waals surface area contributed by atoms with Crippen molar-refractivity contribution in [3.63, 3.8) is 0 Å². The van der Waals surface area contributed by atoms with Crippen LogP contribution < -0.4 is 16.4 Å². The summed E-state index contributed by atoms with van der Waals surface area (Å²) in [6.45, 7) is 0. The fourth-order valence-electron chi connectivity index (χ4n) is 3.56. The Morgan fingerprint density at radius 3 is 2.50 bits per heavy atom. The number of pyridine rings is 1. The number of hydrogen-bond donors (Lipinski definition) is 3. The van der Waals surface area contributed by atoms with Gasteiger partial charge in [0.1, 0.15) is 12.0 Å². The molecule has 3 aromatic rings. The summed E-state index contributed by atoms with van der Waals surface area (Å²) >= 11 is 0. The second kappa shape index (κ2) is 7.56. The van der Waals surface area contributed by atoms with Gasteiger partial charge in [0.05, 0.1) is 11.2 Å². The molecule has 2 heterocycles. The number of para-hydroxylation sites is 1. The Morgan fingerprint density at radius 1 is 0.885 bits per heavy atom. The van der Waals surface area contributed by atoms with E-state index in [1.54, 1.807) is 12.5 Å². The van der Waals surface area contributed by atoms with Crippen LogP contribution in [-0.2, 0) is 0 Å². The van der Waals surface area contributed by atoms with Gasteiger partial charge in [0, 0.05) is 17.6 Å². The summed E-state index contributed by atoms with van der Waals surface area (Å²) in [5, 5.41) is 7.92. The summed E-state index contributed by atoms with van der Waals surface area (Å²) in [5.74, 6) is 1.32. The Balaban J connectivity index is 1.59. The van der Waals surface area contributed by atoms with E-state index in [0.29, 0.717) is 23.4 Å². The molecule has 1 aliphatic rings. The first kappa shape index (κ1) is 16.6. The minimum Gasteiger partial charge on any atom is -0.393 e. The molecule has 0 amide bonds. The van der Waals surface area contributed by atoms with Gasteiger partial charge in [-0.15, -0.1) is 0 Å². The Hall–Kier alpha value is -2.89. The maximum absolute atomic E-state index is 6.36. The number of aromatic nitrogens is 3. The smallest absolute Gasteiger partial charge is 0.159 e. The molecule has 1 fully saturated rings. The summed E-state index contributed by atoms with van der Waals surface area (Å²) in [5.41, 5.74) is 8.69. The van der Waals surface area contributed by atoms with Crippen LogP contribution in [0.4, 0.5) is 23.0 Å². The number of nitrogens with zero attached hydrogens (tertiary/aromatic N) is 3. The summed E-state index contributed by atoms with van der Waals surface area (Å²) in [4.78, 5) is 13.2. The first-order chi connectivity index (χ1) is 12.8. The van der Waals surface area contributed by atoms with Gasteiger partial charge < -0.3 is 16.4 Å². The Kier molecular flexibility index (Phi) is 4.82. The van der Waals surface area contributed by atoms with Crippen molar-refractivity contribution < 1.29 is 0 Å². The second-order valence-corrected chi connectivity index (χ2v) is 6.82. The summed E-state index contributed by atoms with van der Waals surface area (Å²) < 4.78 is 0. The van der Waals surface area contributed by atoms with Gasteiger partial charge in [-0.05, 0) is 25.0 Å². The van der Waals surface area contributed by atoms with E-state index in [4.69, 9.17) is 5.73 Å². The molecule has 26 heavy (non-hydrogen) atoms. The number of rotatable bonds is 4. The fourth-order valence-corrected chi connectivity index (χ4v) is 3.56. The van der Waals surface area contributed by atoms with Gasteiger partial charge in [0.2, 0.25) is 0 Å². The zero-order valence-corrected chi connectivity index (χ0v) is 14.8. The minimum absolute atomic E-state index is 0.432. The lowest BCUT2D eigenvalue weighted by Crippen LogP contribution is -2.20. The highest BCUT2D eigenvalue weighted by molar-refractivity contribution is 5.93. The van der Waals surface area contributed by atoms with Gasteiger partial charge in [0.15, 0.2) is 11.6 Å². The Bertz CT molecular complexity index is 881. The third-order valence-corrected chi connectivity index (χ3v) is 4.97. The number of hydrogen-bond acceptors (Lipinski definition) is 6. The molecule has 0 aliphatic heterocycles. The molecule has 1 aliphatic carbocycles. The van der Waals surface area contributed by atoms with Crippen LogP contribution in [-0.4, -0.2) is 21.0 Å². The first-order valence-electron chi connectivity index (χ1n) is 9.29. The standard InChI is InChI=1S/C20H24N6/c21-17-19(25-15-9-3-1-2-4-10-15)23-13-24-20(17)26-16-11-5-7-14-8-6-12-22-18(14)16/h5-8,11-13,15H,1-4,9-10,21H2,(H2,23,24,25,26). The number of fused-ring (bicyclic) bond motifs is 1. The van der Waals surface area contributed by atoms with E-state index in [9.17, 15) is 0 Å². The molecule has 134 valence electrons. The molecule has 0 spiro atoms. The van der Waals surface area contributed by atoms with Crippen LogP contribution in [0, 0.1) is 0 Å². The number of nitrogens with one attached hydrogen (secondary N) is 2. The highest BCUT2D eigenvalue weighted by Gasteiger charge is 2.16. The van der Waals surface area contributed by atoms with Gasteiger partial charge in [-0.1, -0.05) is 43.9 Å². The molecular formula is C20H24N6. The van der Waals surface area contributed by atoms with Crippen LogP contribution in [0.15, 0.2) is 42.9 Å². The van der Waals surface area contributed by atoms with Gasteiger partial charge >= 0.3 is 0 Å². The van der Waals surface area contributed by atoms with Crippen LogP contribution >= 0.6 is 0 Å².